The van der Waals surface area contributed by atoms with Gasteiger partial charge in [-0.3, -0.25) is 9.48 Å². The molecule has 1 aliphatic rings. The molecular weight excluding hydrogens is 218 g/mol. The van der Waals surface area contributed by atoms with E-state index >= 15 is 0 Å². The molecule has 0 spiro atoms. The van der Waals surface area contributed by atoms with Gasteiger partial charge in [-0.1, -0.05) is 6.92 Å². The van der Waals surface area contributed by atoms with Crippen molar-refractivity contribution in [3.8, 4) is 0 Å². The number of nitrogens with one attached hydrogen (secondary N) is 1. The van der Waals surface area contributed by atoms with E-state index < -0.39 is 0 Å². The summed E-state index contributed by atoms with van der Waals surface area (Å²) >= 11 is 0. The molecule has 1 amide bonds. The fourth-order valence-electron chi connectivity index (χ4n) is 1.62. The van der Waals surface area contributed by atoms with Gasteiger partial charge in [0.15, 0.2) is 0 Å². The fourth-order valence-corrected chi connectivity index (χ4v) is 1.62. The van der Waals surface area contributed by atoms with Crippen LogP contribution in [-0.4, -0.2) is 35.4 Å². The van der Waals surface area contributed by atoms with Gasteiger partial charge in [0.1, 0.15) is 0 Å². The Morgan fingerprint density at radius 1 is 1.71 bits per heavy atom. The number of aromatic nitrogens is 2. The summed E-state index contributed by atoms with van der Waals surface area (Å²) in [6, 6.07) is 1.85. The zero-order valence-corrected chi connectivity index (χ0v) is 10.1. The fraction of sp³-hybridized carbons (Fsp3) is 0.500. The number of amides is 1. The number of carbonyl (C=O) groups is 1. The minimum absolute atomic E-state index is 0.0840. The lowest BCUT2D eigenvalue weighted by molar-refractivity contribution is -0.122. The maximum Gasteiger partial charge on any atom is 0.244 e. The molecule has 0 bridgehead atoms. The largest absolute Gasteiger partial charge is 0.380 e. The Kier molecular flexibility index (Phi) is 3.28. The van der Waals surface area contributed by atoms with Crippen molar-refractivity contribution < 1.29 is 9.53 Å². The molecule has 5 nitrogen and oxygen atoms in total. The second kappa shape index (κ2) is 4.71. The van der Waals surface area contributed by atoms with Crippen molar-refractivity contribution in [2.45, 2.75) is 6.92 Å². The Morgan fingerprint density at radius 2 is 2.47 bits per heavy atom. The predicted molar refractivity (Wildman–Crippen MR) is 64.2 cm³/mol. The van der Waals surface area contributed by atoms with Crippen LogP contribution >= 0.6 is 0 Å². The minimum Gasteiger partial charge on any atom is -0.380 e. The normalized spacial score (nSPS) is 18.0. The van der Waals surface area contributed by atoms with E-state index in [0.29, 0.717) is 6.54 Å². The average Bonchev–Trinajstić information content (AvgIpc) is 2.67. The van der Waals surface area contributed by atoms with E-state index in [9.17, 15) is 4.79 Å². The molecule has 92 valence electrons. The summed E-state index contributed by atoms with van der Waals surface area (Å²) in [7, 11) is 1.84. The van der Waals surface area contributed by atoms with E-state index in [1.54, 1.807) is 17.0 Å². The van der Waals surface area contributed by atoms with Crippen LogP contribution in [0.15, 0.2) is 18.3 Å². The maximum atomic E-state index is 11.6. The molecule has 0 unspecified atom stereocenters. The topological polar surface area (TPSA) is 56.2 Å². The van der Waals surface area contributed by atoms with Gasteiger partial charge >= 0.3 is 0 Å². The van der Waals surface area contributed by atoms with E-state index in [2.05, 4.69) is 17.3 Å². The average molecular weight is 235 g/mol. The molecule has 0 atom stereocenters. The van der Waals surface area contributed by atoms with Crippen LogP contribution in [0.2, 0.25) is 0 Å². The molecule has 2 rings (SSSR count). The molecule has 1 aromatic rings. The first-order valence-electron chi connectivity index (χ1n) is 5.61. The van der Waals surface area contributed by atoms with Gasteiger partial charge in [0.2, 0.25) is 5.91 Å². The zero-order chi connectivity index (χ0) is 12.3. The van der Waals surface area contributed by atoms with E-state index in [0.717, 1.165) is 18.9 Å². The predicted octanol–water partition coefficient (Wildman–Crippen LogP) is 0.586. The van der Waals surface area contributed by atoms with Crippen molar-refractivity contribution >= 4 is 12.0 Å². The number of nitrogens with zero attached hydrogens (tertiary/aromatic N) is 2. The highest BCUT2D eigenvalue weighted by atomic mass is 16.5. The Balaban J connectivity index is 1.81. The molecule has 1 fully saturated rings. The highest BCUT2D eigenvalue weighted by Gasteiger charge is 2.33. The van der Waals surface area contributed by atoms with Gasteiger partial charge in [-0.2, -0.15) is 5.10 Å². The first-order valence-corrected chi connectivity index (χ1v) is 5.61. The van der Waals surface area contributed by atoms with Crippen LogP contribution in [0.3, 0.4) is 0 Å². The summed E-state index contributed by atoms with van der Waals surface area (Å²) in [5.74, 6) is -0.0840. The van der Waals surface area contributed by atoms with Crippen molar-refractivity contribution in [2.24, 2.45) is 12.5 Å². The van der Waals surface area contributed by atoms with E-state index in [1.807, 2.05) is 13.1 Å². The summed E-state index contributed by atoms with van der Waals surface area (Å²) < 4.78 is 6.84. The lowest BCUT2D eigenvalue weighted by Crippen LogP contribution is -2.48. The van der Waals surface area contributed by atoms with Crippen molar-refractivity contribution in [3.05, 3.63) is 24.0 Å². The molecule has 0 aliphatic carbocycles. The summed E-state index contributed by atoms with van der Waals surface area (Å²) in [5.41, 5.74) is 1.01. The maximum absolute atomic E-state index is 11.6. The number of hydrogen-bond acceptors (Lipinski definition) is 3. The standard InChI is InChI=1S/C12H17N3O2/c1-12(8-17-9-12)7-13-11(16)4-3-10-5-6-14-15(10)2/h3-6H,7-9H2,1-2H3,(H,13,16). The summed E-state index contributed by atoms with van der Waals surface area (Å²) in [6.07, 6.45) is 4.98. The van der Waals surface area contributed by atoms with Crippen LogP contribution in [0.4, 0.5) is 0 Å². The lowest BCUT2D eigenvalue weighted by Gasteiger charge is -2.37. The number of aryl methyl sites for hydroxylation is 1. The molecule has 2 heterocycles. The Bertz CT molecular complexity index is 433. The van der Waals surface area contributed by atoms with Gasteiger partial charge in [0.25, 0.3) is 0 Å². The molecule has 0 radical (unpaired) electrons. The highest BCUT2D eigenvalue weighted by molar-refractivity contribution is 5.91. The molecule has 5 heteroatoms. The molecule has 1 aromatic heterocycles. The summed E-state index contributed by atoms with van der Waals surface area (Å²) in [6.45, 7) is 4.20. The lowest BCUT2D eigenvalue weighted by atomic mass is 9.89. The number of hydrogen-bond donors (Lipinski definition) is 1. The molecular formula is C12H17N3O2. The zero-order valence-electron chi connectivity index (χ0n) is 10.1. The SMILES string of the molecule is Cn1nccc1C=CC(=O)NCC1(C)COC1. The second-order valence-corrected chi connectivity index (χ2v) is 4.73. The Hall–Kier alpha value is -1.62. The second-order valence-electron chi connectivity index (χ2n) is 4.73. The first-order chi connectivity index (χ1) is 8.09. The van der Waals surface area contributed by atoms with Crippen LogP contribution < -0.4 is 5.32 Å². The molecule has 0 saturated carbocycles. The Morgan fingerprint density at radius 3 is 3.00 bits per heavy atom. The summed E-state index contributed by atoms with van der Waals surface area (Å²) in [4.78, 5) is 11.6. The monoisotopic (exact) mass is 235 g/mol. The van der Waals surface area contributed by atoms with Gasteiger partial charge < -0.3 is 10.1 Å². The van der Waals surface area contributed by atoms with Crippen molar-refractivity contribution in [1.29, 1.82) is 0 Å². The first kappa shape index (κ1) is 11.9. The van der Waals surface area contributed by atoms with E-state index in [4.69, 9.17) is 4.74 Å². The van der Waals surface area contributed by atoms with E-state index in [-0.39, 0.29) is 11.3 Å². The molecule has 17 heavy (non-hydrogen) atoms. The minimum atomic E-state index is -0.0840. The quantitative estimate of drug-likeness (QED) is 0.777. The third kappa shape index (κ3) is 2.94. The third-order valence-corrected chi connectivity index (χ3v) is 2.85. The molecule has 1 saturated heterocycles. The van der Waals surface area contributed by atoms with Gasteiger partial charge in [0.05, 0.1) is 18.9 Å². The molecule has 1 aliphatic heterocycles. The van der Waals surface area contributed by atoms with Crippen molar-refractivity contribution in [3.63, 3.8) is 0 Å². The molecule has 0 aromatic carbocycles. The van der Waals surface area contributed by atoms with E-state index in [1.165, 1.54) is 6.08 Å². The van der Waals surface area contributed by atoms with Crippen LogP contribution in [0, 0.1) is 5.41 Å². The third-order valence-electron chi connectivity index (χ3n) is 2.85. The van der Waals surface area contributed by atoms with Crippen molar-refractivity contribution in [2.75, 3.05) is 19.8 Å². The smallest absolute Gasteiger partial charge is 0.244 e. The van der Waals surface area contributed by atoms with Crippen LogP contribution in [-0.2, 0) is 16.6 Å². The van der Waals surface area contributed by atoms with Gasteiger partial charge in [0, 0.05) is 31.3 Å². The van der Waals surface area contributed by atoms with Crippen LogP contribution in [0.1, 0.15) is 12.6 Å². The van der Waals surface area contributed by atoms with Gasteiger partial charge in [-0.25, -0.2) is 0 Å². The number of rotatable bonds is 4. The Labute approximate surface area is 100 Å². The summed E-state index contributed by atoms with van der Waals surface area (Å²) in [5, 5.41) is 6.89. The number of ether oxygens (including phenoxy) is 1. The highest BCUT2D eigenvalue weighted by Crippen LogP contribution is 2.24. The van der Waals surface area contributed by atoms with Gasteiger partial charge in [-0.05, 0) is 12.1 Å². The van der Waals surface area contributed by atoms with Crippen molar-refractivity contribution in [1.82, 2.24) is 15.1 Å². The van der Waals surface area contributed by atoms with Crippen LogP contribution in [0.5, 0.6) is 0 Å². The van der Waals surface area contributed by atoms with Crippen LogP contribution in [0.25, 0.3) is 6.08 Å². The number of carbonyl (C=O) groups excluding carboxylic acids is 1. The molecule has 1 N–H and O–H groups in total. The van der Waals surface area contributed by atoms with Gasteiger partial charge in [-0.15, -0.1) is 0 Å².